The average Bonchev–Trinajstić information content (AvgIpc) is 2.85. The second kappa shape index (κ2) is 4.56. The number of nitrogens with two attached hydrogens (primary N) is 1. The smallest absolute Gasteiger partial charge is 0.0941 e. The van der Waals surface area contributed by atoms with E-state index in [1.165, 1.54) is 29.0 Å². The summed E-state index contributed by atoms with van der Waals surface area (Å²) in [5.41, 5.74) is 7.16. The second-order valence-electron chi connectivity index (χ2n) is 4.78. The van der Waals surface area contributed by atoms with Gasteiger partial charge in [-0.1, -0.05) is 18.0 Å². The Morgan fingerprint density at radius 2 is 2.29 bits per heavy atom. The van der Waals surface area contributed by atoms with Crippen LogP contribution in [0.15, 0.2) is 18.2 Å². The fraction of sp³-hybridized carbons (Fsp3) is 0.462. The third-order valence-electron chi connectivity index (χ3n) is 3.55. The molecule has 1 heterocycles. The van der Waals surface area contributed by atoms with E-state index >= 15 is 0 Å². The molecule has 0 saturated heterocycles. The molecule has 17 heavy (non-hydrogen) atoms. The Morgan fingerprint density at radius 3 is 3.06 bits per heavy atom. The molecule has 2 nitrogen and oxygen atoms in total. The van der Waals surface area contributed by atoms with E-state index in [0.29, 0.717) is 12.0 Å². The van der Waals surface area contributed by atoms with Crippen molar-refractivity contribution in [3.05, 3.63) is 28.2 Å². The third-order valence-corrected chi connectivity index (χ3v) is 4.83. The highest BCUT2D eigenvalue weighted by Gasteiger charge is 2.25. The number of halogens is 1. The van der Waals surface area contributed by atoms with Crippen molar-refractivity contribution >= 4 is 33.2 Å². The molecule has 4 heteroatoms. The topological polar surface area (TPSA) is 38.9 Å². The molecule has 90 valence electrons. The first-order valence-electron chi connectivity index (χ1n) is 6.03. The Labute approximate surface area is 110 Å². The van der Waals surface area contributed by atoms with Gasteiger partial charge in [-0.3, -0.25) is 0 Å². The van der Waals surface area contributed by atoms with E-state index in [4.69, 9.17) is 17.3 Å². The molecule has 2 unspecified atom stereocenters. The lowest BCUT2D eigenvalue weighted by Gasteiger charge is -2.12. The molecule has 1 saturated carbocycles. The standard InChI is InChI=1S/C13H15ClN2S/c14-9-4-5-11-12(7-9)17-13(16-11)6-8-2-1-3-10(8)15/h4-5,7-8,10H,1-3,6,15H2. The third kappa shape index (κ3) is 2.32. The molecule has 1 aromatic carbocycles. The van der Waals surface area contributed by atoms with E-state index in [9.17, 15) is 0 Å². The van der Waals surface area contributed by atoms with Crippen molar-refractivity contribution < 1.29 is 0 Å². The van der Waals surface area contributed by atoms with Crippen molar-refractivity contribution in [1.29, 1.82) is 0 Å². The molecule has 3 rings (SSSR count). The van der Waals surface area contributed by atoms with Crippen LogP contribution in [-0.4, -0.2) is 11.0 Å². The van der Waals surface area contributed by atoms with Gasteiger partial charge >= 0.3 is 0 Å². The Kier molecular flexibility index (Phi) is 3.07. The summed E-state index contributed by atoms with van der Waals surface area (Å²) >= 11 is 7.73. The monoisotopic (exact) mass is 266 g/mol. The minimum Gasteiger partial charge on any atom is -0.327 e. The number of hydrogen-bond acceptors (Lipinski definition) is 3. The predicted molar refractivity (Wildman–Crippen MR) is 73.7 cm³/mol. The van der Waals surface area contributed by atoms with E-state index in [1.54, 1.807) is 11.3 Å². The van der Waals surface area contributed by atoms with Gasteiger partial charge in [0.2, 0.25) is 0 Å². The number of benzene rings is 1. The van der Waals surface area contributed by atoms with Gasteiger partial charge in [-0.25, -0.2) is 4.98 Å². The SMILES string of the molecule is NC1CCCC1Cc1nc2ccc(Cl)cc2s1. The van der Waals surface area contributed by atoms with E-state index in [-0.39, 0.29) is 0 Å². The molecule has 0 bridgehead atoms. The number of hydrogen-bond donors (Lipinski definition) is 1. The molecule has 0 spiro atoms. The number of nitrogens with zero attached hydrogens (tertiary/aromatic N) is 1. The molecule has 1 aromatic heterocycles. The van der Waals surface area contributed by atoms with Gasteiger partial charge in [-0.05, 0) is 37.0 Å². The largest absolute Gasteiger partial charge is 0.327 e. The van der Waals surface area contributed by atoms with Crippen LogP contribution in [0, 0.1) is 5.92 Å². The Hall–Kier alpha value is -0.640. The molecular weight excluding hydrogens is 252 g/mol. The predicted octanol–water partition coefficient (Wildman–Crippen LogP) is 3.62. The quantitative estimate of drug-likeness (QED) is 0.902. The average molecular weight is 267 g/mol. The summed E-state index contributed by atoms with van der Waals surface area (Å²) in [6, 6.07) is 6.25. The molecule has 1 fully saturated rings. The van der Waals surface area contributed by atoms with Crippen LogP contribution in [-0.2, 0) is 6.42 Å². The van der Waals surface area contributed by atoms with Crippen LogP contribution in [0.5, 0.6) is 0 Å². The summed E-state index contributed by atoms with van der Waals surface area (Å²) in [7, 11) is 0. The molecule has 0 amide bonds. The highest BCUT2D eigenvalue weighted by Crippen LogP contribution is 2.31. The molecular formula is C13H15ClN2S. The lowest BCUT2D eigenvalue weighted by molar-refractivity contribution is 0.478. The molecule has 0 aliphatic heterocycles. The lowest BCUT2D eigenvalue weighted by Crippen LogP contribution is -2.25. The van der Waals surface area contributed by atoms with E-state index in [0.717, 1.165) is 17.0 Å². The van der Waals surface area contributed by atoms with Crippen LogP contribution in [0.3, 0.4) is 0 Å². The highest BCUT2D eigenvalue weighted by atomic mass is 35.5. The van der Waals surface area contributed by atoms with Crippen LogP contribution in [0.1, 0.15) is 24.3 Å². The Balaban J connectivity index is 1.85. The zero-order chi connectivity index (χ0) is 11.8. The van der Waals surface area contributed by atoms with Gasteiger partial charge in [0.15, 0.2) is 0 Å². The summed E-state index contributed by atoms with van der Waals surface area (Å²) < 4.78 is 1.18. The zero-order valence-electron chi connectivity index (χ0n) is 9.53. The first-order chi connectivity index (χ1) is 8.22. The van der Waals surface area contributed by atoms with Crippen molar-refractivity contribution in [3.8, 4) is 0 Å². The van der Waals surface area contributed by atoms with Crippen molar-refractivity contribution in [2.75, 3.05) is 0 Å². The van der Waals surface area contributed by atoms with Gasteiger partial charge in [-0.2, -0.15) is 0 Å². The molecule has 1 aliphatic carbocycles. The number of rotatable bonds is 2. The van der Waals surface area contributed by atoms with E-state index < -0.39 is 0 Å². The van der Waals surface area contributed by atoms with Crippen LogP contribution >= 0.6 is 22.9 Å². The fourth-order valence-electron chi connectivity index (χ4n) is 2.58. The number of aromatic nitrogens is 1. The summed E-state index contributed by atoms with van der Waals surface area (Å²) in [6.45, 7) is 0. The zero-order valence-corrected chi connectivity index (χ0v) is 11.1. The number of fused-ring (bicyclic) bond motifs is 1. The maximum absolute atomic E-state index is 6.10. The first-order valence-corrected chi connectivity index (χ1v) is 7.22. The first kappa shape index (κ1) is 11.5. The van der Waals surface area contributed by atoms with Crippen molar-refractivity contribution in [2.45, 2.75) is 31.7 Å². The molecule has 0 radical (unpaired) electrons. The lowest BCUT2D eigenvalue weighted by atomic mass is 10.0. The van der Waals surface area contributed by atoms with Gasteiger partial charge in [0, 0.05) is 17.5 Å². The highest BCUT2D eigenvalue weighted by molar-refractivity contribution is 7.18. The minimum absolute atomic E-state index is 0.366. The minimum atomic E-state index is 0.366. The van der Waals surface area contributed by atoms with Gasteiger partial charge < -0.3 is 5.73 Å². The van der Waals surface area contributed by atoms with Gasteiger partial charge in [0.25, 0.3) is 0 Å². The van der Waals surface area contributed by atoms with Gasteiger partial charge in [0.05, 0.1) is 15.2 Å². The molecule has 2 aromatic rings. The second-order valence-corrected chi connectivity index (χ2v) is 6.33. The van der Waals surface area contributed by atoms with Crippen LogP contribution in [0.2, 0.25) is 5.02 Å². The number of thiazole rings is 1. The summed E-state index contributed by atoms with van der Waals surface area (Å²) in [5, 5.41) is 1.98. The van der Waals surface area contributed by atoms with Crippen molar-refractivity contribution in [1.82, 2.24) is 4.98 Å². The normalized spacial score (nSPS) is 24.6. The van der Waals surface area contributed by atoms with E-state index in [2.05, 4.69) is 4.98 Å². The van der Waals surface area contributed by atoms with Crippen molar-refractivity contribution in [2.24, 2.45) is 11.7 Å². The maximum Gasteiger partial charge on any atom is 0.0941 e. The van der Waals surface area contributed by atoms with Crippen molar-refractivity contribution in [3.63, 3.8) is 0 Å². The molecule has 2 N–H and O–H groups in total. The summed E-state index contributed by atoms with van der Waals surface area (Å²) in [4.78, 5) is 4.66. The summed E-state index contributed by atoms with van der Waals surface area (Å²) in [5.74, 6) is 0.617. The Bertz CT molecular complexity index is 537. The van der Waals surface area contributed by atoms with E-state index in [1.807, 2.05) is 18.2 Å². The summed E-state index contributed by atoms with van der Waals surface area (Å²) in [6.07, 6.45) is 4.71. The van der Waals surface area contributed by atoms with Gasteiger partial charge in [0.1, 0.15) is 0 Å². The molecule has 1 aliphatic rings. The maximum atomic E-state index is 6.10. The fourth-order valence-corrected chi connectivity index (χ4v) is 3.91. The molecule has 2 atom stereocenters. The Morgan fingerprint density at radius 1 is 1.41 bits per heavy atom. The van der Waals surface area contributed by atoms with Crippen LogP contribution in [0.4, 0.5) is 0 Å². The van der Waals surface area contributed by atoms with Crippen LogP contribution in [0.25, 0.3) is 10.2 Å². The van der Waals surface area contributed by atoms with Crippen LogP contribution < -0.4 is 5.73 Å². The van der Waals surface area contributed by atoms with Gasteiger partial charge in [-0.15, -0.1) is 11.3 Å².